The maximum Gasteiger partial charge on any atom is 0.425 e. The first-order chi connectivity index (χ1) is 4.40. The second kappa shape index (κ2) is 1.81. The van der Waals surface area contributed by atoms with Crippen LogP contribution in [0.25, 0.3) is 0 Å². The van der Waals surface area contributed by atoms with Gasteiger partial charge in [0.05, 0.1) is 6.61 Å². The van der Waals surface area contributed by atoms with E-state index in [1.165, 1.54) is 0 Å². The molecule has 1 heterocycles. The van der Waals surface area contributed by atoms with Crippen molar-refractivity contribution in [1.29, 1.82) is 0 Å². The Hall–Kier alpha value is -0.390. The number of ether oxygens (including phenoxy) is 1. The largest absolute Gasteiger partial charge is 0.425 e. The number of epoxide rings is 1. The molecule has 1 rings (SSSR count). The van der Waals surface area contributed by atoms with Crippen LogP contribution in [0.3, 0.4) is 0 Å². The van der Waals surface area contributed by atoms with E-state index < -0.39 is 24.8 Å². The fraction of sp³-hybridized carbons (Fsp3) is 1.00. The van der Waals surface area contributed by atoms with Crippen molar-refractivity contribution >= 4 is 0 Å². The summed E-state index contributed by atoms with van der Waals surface area (Å²) in [6.07, 6.45) is -8.42. The summed E-state index contributed by atoms with van der Waals surface area (Å²) in [7, 11) is 0. The van der Waals surface area contributed by atoms with Crippen LogP contribution in [0.15, 0.2) is 0 Å². The van der Waals surface area contributed by atoms with Gasteiger partial charge in [0.2, 0.25) is 5.60 Å². The molecule has 6 heteroatoms. The van der Waals surface area contributed by atoms with Gasteiger partial charge < -0.3 is 4.74 Å². The van der Waals surface area contributed by atoms with Gasteiger partial charge in [-0.1, -0.05) is 0 Å². The summed E-state index contributed by atoms with van der Waals surface area (Å²) < 4.78 is 61.3. The monoisotopic (exact) mass is 162 g/mol. The summed E-state index contributed by atoms with van der Waals surface area (Å²) in [6.45, 7) is -0.922. The minimum Gasteiger partial charge on any atom is -0.355 e. The molecule has 0 N–H and O–H groups in total. The van der Waals surface area contributed by atoms with Crippen molar-refractivity contribution in [1.82, 2.24) is 0 Å². The maximum atomic E-state index is 11.5. The highest BCUT2D eigenvalue weighted by atomic mass is 19.4. The standard InChI is InChI=1S/C4H3F5O/c5-2(6)3(1-10-3)4(7,8)9/h2H,1H2. The molecule has 0 spiro atoms. The average Bonchev–Trinajstić information content (AvgIpc) is 2.36. The van der Waals surface area contributed by atoms with Gasteiger partial charge >= 0.3 is 6.18 Å². The van der Waals surface area contributed by atoms with E-state index in [1.54, 1.807) is 0 Å². The fourth-order valence-corrected chi connectivity index (χ4v) is 0.491. The Labute approximate surface area is 52.8 Å². The molecule has 1 atom stereocenters. The first-order valence-electron chi connectivity index (χ1n) is 2.39. The lowest BCUT2D eigenvalue weighted by Crippen LogP contribution is -2.39. The normalized spacial score (nSPS) is 33.0. The summed E-state index contributed by atoms with van der Waals surface area (Å²) in [5.41, 5.74) is -3.15. The van der Waals surface area contributed by atoms with Gasteiger partial charge in [0.15, 0.2) is 0 Å². The predicted octanol–water partition coefficient (Wildman–Crippen LogP) is 1.58. The molecule has 10 heavy (non-hydrogen) atoms. The third kappa shape index (κ3) is 0.865. The topological polar surface area (TPSA) is 12.5 Å². The van der Waals surface area contributed by atoms with E-state index in [4.69, 9.17) is 0 Å². The van der Waals surface area contributed by atoms with E-state index in [-0.39, 0.29) is 0 Å². The molecule has 1 nitrogen and oxygen atoms in total. The predicted molar refractivity (Wildman–Crippen MR) is 20.7 cm³/mol. The maximum absolute atomic E-state index is 11.5. The molecular formula is C4H3F5O. The summed E-state index contributed by atoms with van der Waals surface area (Å²) in [5.74, 6) is 0. The van der Waals surface area contributed by atoms with Crippen molar-refractivity contribution in [2.75, 3.05) is 6.61 Å². The average molecular weight is 162 g/mol. The number of hydrogen-bond acceptors (Lipinski definition) is 1. The quantitative estimate of drug-likeness (QED) is 0.421. The van der Waals surface area contributed by atoms with Crippen molar-refractivity contribution in [3.63, 3.8) is 0 Å². The molecule has 1 aliphatic heterocycles. The molecule has 0 amide bonds. The number of rotatable bonds is 1. The molecule has 0 aromatic carbocycles. The lowest BCUT2D eigenvalue weighted by molar-refractivity contribution is -0.216. The number of hydrogen-bond donors (Lipinski definition) is 0. The van der Waals surface area contributed by atoms with Crippen LogP contribution in [0.2, 0.25) is 0 Å². The minimum absolute atomic E-state index is 0.922. The molecule has 0 radical (unpaired) electrons. The molecule has 0 aromatic heterocycles. The van der Waals surface area contributed by atoms with Crippen LogP contribution < -0.4 is 0 Å². The molecule has 60 valence electrons. The van der Waals surface area contributed by atoms with E-state index in [1.807, 2.05) is 0 Å². The zero-order valence-electron chi connectivity index (χ0n) is 4.58. The highest BCUT2D eigenvalue weighted by molar-refractivity contribution is 5.01. The molecule has 1 fully saturated rings. The molecule has 0 saturated carbocycles. The highest BCUT2D eigenvalue weighted by Gasteiger charge is 2.72. The number of halogens is 5. The van der Waals surface area contributed by atoms with Gasteiger partial charge in [0.25, 0.3) is 6.43 Å². The van der Waals surface area contributed by atoms with Gasteiger partial charge in [-0.15, -0.1) is 0 Å². The van der Waals surface area contributed by atoms with Crippen LogP contribution >= 0.6 is 0 Å². The summed E-state index contributed by atoms with van der Waals surface area (Å²) in [6, 6.07) is 0. The zero-order chi connectivity index (χ0) is 7.99. The van der Waals surface area contributed by atoms with Gasteiger partial charge in [-0.2, -0.15) is 13.2 Å². The Balaban J connectivity index is 2.70. The van der Waals surface area contributed by atoms with E-state index in [0.29, 0.717) is 0 Å². The van der Waals surface area contributed by atoms with Crippen LogP contribution in [0.5, 0.6) is 0 Å². The van der Waals surface area contributed by atoms with Gasteiger partial charge in [-0.05, 0) is 0 Å². The van der Waals surface area contributed by atoms with Crippen molar-refractivity contribution < 1.29 is 26.7 Å². The van der Waals surface area contributed by atoms with Gasteiger partial charge in [0.1, 0.15) is 0 Å². The smallest absolute Gasteiger partial charge is 0.355 e. The second-order valence-electron chi connectivity index (χ2n) is 1.98. The molecule has 1 unspecified atom stereocenters. The Morgan fingerprint density at radius 3 is 1.70 bits per heavy atom. The summed E-state index contributed by atoms with van der Waals surface area (Å²) in [5, 5.41) is 0. The molecule has 0 aromatic rings. The zero-order valence-corrected chi connectivity index (χ0v) is 4.58. The van der Waals surface area contributed by atoms with Crippen molar-refractivity contribution in [3.05, 3.63) is 0 Å². The van der Waals surface area contributed by atoms with Crippen molar-refractivity contribution in [2.24, 2.45) is 0 Å². The molecular weight excluding hydrogens is 159 g/mol. The Kier molecular flexibility index (Phi) is 1.39. The van der Waals surface area contributed by atoms with Gasteiger partial charge in [0, 0.05) is 0 Å². The van der Waals surface area contributed by atoms with Crippen LogP contribution in [0.1, 0.15) is 0 Å². The molecule has 0 aliphatic carbocycles. The fourth-order valence-electron chi connectivity index (χ4n) is 0.491. The SMILES string of the molecule is FC(F)C1(C(F)(F)F)CO1. The Bertz CT molecular complexity index is 135. The Morgan fingerprint density at radius 1 is 1.30 bits per heavy atom. The van der Waals surface area contributed by atoms with E-state index in [2.05, 4.69) is 4.74 Å². The van der Waals surface area contributed by atoms with E-state index >= 15 is 0 Å². The van der Waals surface area contributed by atoms with Gasteiger partial charge in [-0.3, -0.25) is 0 Å². The minimum atomic E-state index is -4.94. The van der Waals surface area contributed by atoms with Crippen LogP contribution in [-0.4, -0.2) is 24.8 Å². The van der Waals surface area contributed by atoms with Crippen molar-refractivity contribution in [2.45, 2.75) is 18.2 Å². The second-order valence-corrected chi connectivity index (χ2v) is 1.98. The van der Waals surface area contributed by atoms with Crippen LogP contribution in [0.4, 0.5) is 22.0 Å². The summed E-state index contributed by atoms with van der Waals surface area (Å²) in [4.78, 5) is 0. The third-order valence-corrected chi connectivity index (χ3v) is 1.29. The van der Waals surface area contributed by atoms with Crippen molar-refractivity contribution in [3.8, 4) is 0 Å². The molecule has 1 saturated heterocycles. The third-order valence-electron chi connectivity index (χ3n) is 1.29. The van der Waals surface area contributed by atoms with E-state index in [0.717, 1.165) is 0 Å². The highest BCUT2D eigenvalue weighted by Crippen LogP contribution is 2.47. The molecule has 1 aliphatic rings. The van der Waals surface area contributed by atoms with E-state index in [9.17, 15) is 22.0 Å². The first kappa shape index (κ1) is 7.71. The Morgan fingerprint density at radius 2 is 1.70 bits per heavy atom. The van der Waals surface area contributed by atoms with Gasteiger partial charge in [-0.25, -0.2) is 8.78 Å². The first-order valence-corrected chi connectivity index (χ1v) is 2.39. The number of alkyl halides is 5. The lowest BCUT2D eigenvalue weighted by atomic mass is 10.2. The van der Waals surface area contributed by atoms with Crippen LogP contribution in [0, 0.1) is 0 Å². The van der Waals surface area contributed by atoms with Crippen LogP contribution in [-0.2, 0) is 4.74 Å². The lowest BCUT2D eigenvalue weighted by Gasteiger charge is -2.13. The molecule has 0 bridgehead atoms. The summed E-state index contributed by atoms with van der Waals surface area (Å²) >= 11 is 0.